The monoisotopic (exact) mass is 289 g/mol. The summed E-state index contributed by atoms with van der Waals surface area (Å²) in [5.41, 5.74) is 1.45. The normalized spacial score (nSPS) is 12.5. The zero-order chi connectivity index (χ0) is 15.4. The highest BCUT2D eigenvalue weighted by atomic mass is 16.4. The van der Waals surface area contributed by atoms with Gasteiger partial charge in [0.2, 0.25) is 5.91 Å². The van der Waals surface area contributed by atoms with Crippen molar-refractivity contribution < 1.29 is 14.7 Å². The van der Waals surface area contributed by atoms with Crippen molar-refractivity contribution in [3.63, 3.8) is 0 Å². The molecule has 1 amide bonds. The molecule has 0 aliphatic heterocycles. The van der Waals surface area contributed by atoms with Crippen molar-refractivity contribution in [1.82, 2.24) is 14.7 Å². The molecule has 0 fully saturated rings. The first kappa shape index (κ1) is 15.0. The highest BCUT2D eigenvalue weighted by molar-refractivity contribution is 5.79. The van der Waals surface area contributed by atoms with Crippen LogP contribution in [0.15, 0.2) is 30.6 Å². The van der Waals surface area contributed by atoms with Crippen LogP contribution >= 0.6 is 0 Å². The fourth-order valence-corrected chi connectivity index (χ4v) is 2.13. The van der Waals surface area contributed by atoms with Crippen molar-refractivity contribution in [3.05, 3.63) is 36.3 Å². The lowest BCUT2D eigenvalue weighted by atomic mass is 9.96. The number of fused-ring (bicyclic) bond motifs is 1. The Kier molecular flexibility index (Phi) is 4.57. The minimum atomic E-state index is -0.891. The number of carboxylic acids is 1. The molecule has 2 heterocycles. The van der Waals surface area contributed by atoms with Gasteiger partial charge in [-0.05, 0) is 18.1 Å². The predicted molar refractivity (Wildman–Crippen MR) is 77.9 cm³/mol. The molecule has 1 atom stereocenters. The number of hydrogen-bond donors (Lipinski definition) is 2. The molecule has 21 heavy (non-hydrogen) atoms. The maximum atomic E-state index is 11.9. The number of aliphatic carboxylic acids is 1. The summed E-state index contributed by atoms with van der Waals surface area (Å²) in [7, 11) is 0. The van der Waals surface area contributed by atoms with Crippen LogP contribution in [0.2, 0.25) is 0 Å². The van der Waals surface area contributed by atoms with Crippen LogP contribution in [-0.2, 0) is 16.0 Å². The number of nitrogens with one attached hydrogen (secondary N) is 1. The van der Waals surface area contributed by atoms with E-state index in [2.05, 4.69) is 10.3 Å². The number of aromatic nitrogens is 2. The average molecular weight is 289 g/mol. The molecule has 0 radical (unpaired) electrons. The Morgan fingerprint density at radius 1 is 1.38 bits per heavy atom. The van der Waals surface area contributed by atoms with Gasteiger partial charge in [-0.2, -0.15) is 0 Å². The van der Waals surface area contributed by atoms with E-state index in [0.717, 1.165) is 5.65 Å². The van der Waals surface area contributed by atoms with E-state index in [1.165, 1.54) is 0 Å². The SMILES string of the molecule is CC(C)C(CNC(=O)Cc1cn2ccccc2n1)C(=O)O. The number of hydrogen-bond acceptors (Lipinski definition) is 3. The first-order valence-corrected chi connectivity index (χ1v) is 6.89. The molecule has 0 spiro atoms. The Labute approximate surface area is 122 Å². The maximum absolute atomic E-state index is 11.9. The van der Waals surface area contributed by atoms with Gasteiger partial charge in [0.05, 0.1) is 18.0 Å². The van der Waals surface area contributed by atoms with Gasteiger partial charge in [0.1, 0.15) is 5.65 Å². The van der Waals surface area contributed by atoms with Crippen molar-refractivity contribution in [2.45, 2.75) is 20.3 Å². The molecule has 2 aromatic rings. The fourth-order valence-electron chi connectivity index (χ4n) is 2.13. The van der Waals surface area contributed by atoms with Gasteiger partial charge in [-0.3, -0.25) is 9.59 Å². The summed E-state index contributed by atoms with van der Waals surface area (Å²) in [4.78, 5) is 27.3. The number of nitrogens with zero attached hydrogens (tertiary/aromatic N) is 2. The van der Waals surface area contributed by atoms with Gasteiger partial charge < -0.3 is 14.8 Å². The third kappa shape index (κ3) is 3.81. The molecule has 112 valence electrons. The molecule has 0 saturated heterocycles. The van der Waals surface area contributed by atoms with Crippen molar-refractivity contribution in [3.8, 4) is 0 Å². The van der Waals surface area contributed by atoms with E-state index < -0.39 is 11.9 Å². The number of pyridine rings is 1. The molecule has 0 aromatic carbocycles. The van der Waals surface area contributed by atoms with Crippen LogP contribution in [0.5, 0.6) is 0 Å². The fraction of sp³-hybridized carbons (Fsp3) is 0.400. The van der Waals surface area contributed by atoms with Crippen molar-refractivity contribution in [2.75, 3.05) is 6.54 Å². The molecule has 2 rings (SSSR count). The molecule has 6 nitrogen and oxygen atoms in total. The molecule has 0 saturated carbocycles. The van der Waals surface area contributed by atoms with E-state index in [1.807, 2.05) is 42.6 Å². The first-order chi connectivity index (χ1) is 9.97. The second kappa shape index (κ2) is 6.39. The van der Waals surface area contributed by atoms with Gasteiger partial charge in [0.25, 0.3) is 0 Å². The molecule has 0 aliphatic rings. The Balaban J connectivity index is 1.93. The lowest BCUT2D eigenvalue weighted by Gasteiger charge is -2.16. The van der Waals surface area contributed by atoms with Crippen LogP contribution in [-0.4, -0.2) is 32.9 Å². The standard InChI is InChI=1S/C15H19N3O3/c1-10(2)12(15(20)21)8-16-14(19)7-11-9-18-6-4-3-5-13(18)17-11/h3-6,9-10,12H,7-8H2,1-2H3,(H,16,19)(H,20,21). The third-order valence-corrected chi connectivity index (χ3v) is 3.40. The lowest BCUT2D eigenvalue weighted by Crippen LogP contribution is -2.36. The van der Waals surface area contributed by atoms with Gasteiger partial charge in [-0.25, -0.2) is 4.98 Å². The van der Waals surface area contributed by atoms with Crippen LogP contribution in [0, 0.1) is 11.8 Å². The molecule has 6 heteroatoms. The van der Waals surface area contributed by atoms with E-state index >= 15 is 0 Å². The summed E-state index contributed by atoms with van der Waals surface area (Å²) in [6.45, 7) is 3.79. The maximum Gasteiger partial charge on any atom is 0.308 e. The molecule has 0 aliphatic carbocycles. The summed E-state index contributed by atoms with van der Waals surface area (Å²) < 4.78 is 1.84. The Morgan fingerprint density at radius 2 is 2.14 bits per heavy atom. The van der Waals surface area contributed by atoms with Gasteiger partial charge in [-0.15, -0.1) is 0 Å². The first-order valence-electron chi connectivity index (χ1n) is 6.89. The zero-order valence-corrected chi connectivity index (χ0v) is 12.1. The van der Waals surface area contributed by atoms with Crippen LogP contribution in [0.1, 0.15) is 19.5 Å². The quantitative estimate of drug-likeness (QED) is 0.840. The van der Waals surface area contributed by atoms with Crippen LogP contribution in [0.25, 0.3) is 5.65 Å². The van der Waals surface area contributed by atoms with Crippen LogP contribution in [0.3, 0.4) is 0 Å². The molecular weight excluding hydrogens is 270 g/mol. The van der Waals surface area contributed by atoms with E-state index in [9.17, 15) is 9.59 Å². The minimum Gasteiger partial charge on any atom is -0.481 e. The van der Waals surface area contributed by atoms with Crippen molar-refractivity contribution in [2.24, 2.45) is 11.8 Å². The molecule has 1 unspecified atom stereocenters. The van der Waals surface area contributed by atoms with Crippen molar-refractivity contribution in [1.29, 1.82) is 0 Å². The Bertz CT molecular complexity index is 615. The highest BCUT2D eigenvalue weighted by Crippen LogP contribution is 2.10. The Morgan fingerprint density at radius 3 is 2.76 bits per heavy atom. The van der Waals surface area contributed by atoms with Gasteiger partial charge in [-0.1, -0.05) is 19.9 Å². The van der Waals surface area contributed by atoms with Crippen LogP contribution < -0.4 is 5.32 Å². The minimum absolute atomic E-state index is 0.0296. The van der Waals surface area contributed by atoms with Gasteiger partial charge in [0.15, 0.2) is 0 Å². The van der Waals surface area contributed by atoms with Gasteiger partial charge in [0, 0.05) is 18.9 Å². The Hall–Kier alpha value is -2.37. The number of carbonyl (C=O) groups is 2. The number of amides is 1. The number of carbonyl (C=O) groups excluding carboxylic acids is 1. The van der Waals surface area contributed by atoms with E-state index in [4.69, 9.17) is 5.11 Å². The summed E-state index contributed by atoms with van der Waals surface area (Å²) in [6.07, 6.45) is 3.81. The topological polar surface area (TPSA) is 83.7 Å². The molecule has 2 N–H and O–H groups in total. The smallest absolute Gasteiger partial charge is 0.308 e. The van der Waals surface area contributed by atoms with Crippen molar-refractivity contribution >= 4 is 17.5 Å². The lowest BCUT2D eigenvalue weighted by molar-refractivity contribution is -0.143. The van der Waals surface area contributed by atoms with E-state index in [1.54, 1.807) is 6.20 Å². The largest absolute Gasteiger partial charge is 0.481 e. The molecule has 0 bridgehead atoms. The number of rotatable bonds is 6. The summed E-state index contributed by atoms with van der Waals surface area (Å²) >= 11 is 0. The summed E-state index contributed by atoms with van der Waals surface area (Å²) in [5.74, 6) is -1.71. The number of carboxylic acid groups (broad SMARTS) is 1. The molecular formula is C15H19N3O3. The average Bonchev–Trinajstić information content (AvgIpc) is 2.79. The zero-order valence-electron chi connectivity index (χ0n) is 12.1. The number of imidazole rings is 1. The second-order valence-corrected chi connectivity index (χ2v) is 5.37. The summed E-state index contributed by atoms with van der Waals surface area (Å²) in [5, 5.41) is 11.7. The highest BCUT2D eigenvalue weighted by Gasteiger charge is 2.22. The second-order valence-electron chi connectivity index (χ2n) is 5.37. The third-order valence-electron chi connectivity index (χ3n) is 3.40. The van der Waals surface area contributed by atoms with Gasteiger partial charge >= 0.3 is 5.97 Å². The summed E-state index contributed by atoms with van der Waals surface area (Å²) in [6, 6.07) is 5.63. The van der Waals surface area contributed by atoms with E-state index in [-0.39, 0.29) is 24.8 Å². The molecule has 2 aromatic heterocycles. The van der Waals surface area contributed by atoms with Crippen LogP contribution in [0.4, 0.5) is 0 Å². The van der Waals surface area contributed by atoms with E-state index in [0.29, 0.717) is 5.69 Å². The predicted octanol–water partition coefficient (Wildman–Crippen LogP) is 1.35.